The molecular weight excluding hydrogens is 649 g/mol. The first-order valence-corrected chi connectivity index (χ1v) is 18.8. The summed E-state index contributed by atoms with van der Waals surface area (Å²) >= 11 is 0. The van der Waals surface area contributed by atoms with Gasteiger partial charge in [0.15, 0.2) is 0 Å². The zero-order chi connectivity index (χ0) is 35.3. The molecule has 54 heavy (non-hydrogen) atoms. The Balaban J connectivity index is 1.18. The van der Waals surface area contributed by atoms with E-state index in [2.05, 4.69) is 194 Å². The zero-order valence-corrected chi connectivity index (χ0v) is 29.5. The molecule has 12 aromatic rings. The average Bonchev–Trinajstić information content (AvgIpc) is 3.25. The van der Waals surface area contributed by atoms with E-state index in [1.807, 2.05) is 0 Å². The van der Waals surface area contributed by atoms with E-state index in [0.717, 1.165) is 0 Å². The Morgan fingerprint density at radius 1 is 0.185 bits per heavy atom. The Labute approximate surface area is 312 Å². The van der Waals surface area contributed by atoms with Gasteiger partial charge in [-0.15, -0.1) is 0 Å². The molecule has 0 unspecified atom stereocenters. The number of hydrogen-bond acceptors (Lipinski definition) is 0. The van der Waals surface area contributed by atoms with Gasteiger partial charge in [-0.25, -0.2) is 0 Å². The van der Waals surface area contributed by atoms with Gasteiger partial charge in [0.1, 0.15) is 0 Å². The minimum Gasteiger partial charge on any atom is -0.0616 e. The van der Waals surface area contributed by atoms with Crippen molar-refractivity contribution in [2.45, 2.75) is 0 Å². The molecule has 0 spiro atoms. The Kier molecular flexibility index (Phi) is 6.15. The Morgan fingerprint density at radius 3 is 0.889 bits per heavy atom. The lowest BCUT2D eigenvalue weighted by atomic mass is 9.85. The number of rotatable bonds is 2. The van der Waals surface area contributed by atoms with Crippen molar-refractivity contribution in [1.29, 1.82) is 0 Å². The highest BCUT2D eigenvalue weighted by Crippen LogP contribution is 2.47. The summed E-state index contributed by atoms with van der Waals surface area (Å²) in [7, 11) is 0. The molecule has 0 fully saturated rings. The molecule has 0 radical (unpaired) electrons. The van der Waals surface area contributed by atoms with Gasteiger partial charge in [-0.05, 0) is 143 Å². The standard InChI is InChI=1S/C54H32/c1-3-15-37-33(13-1)29-49(41-19-7-5-17-39(37)41)35-25-27-47-51(31-35)43-21-9-11-23-45(43)54-48-28-26-36(32-52(48)44-22-10-12-24-46(44)53(47)54)50-30-34-14-2-4-16-38(34)40-18-6-8-20-42(40)50/h1-32H. The maximum absolute atomic E-state index is 2.44. The van der Waals surface area contributed by atoms with Crippen molar-refractivity contribution < 1.29 is 0 Å². The fourth-order valence-electron chi connectivity index (χ4n) is 9.59. The maximum Gasteiger partial charge on any atom is -0.00139 e. The fourth-order valence-corrected chi connectivity index (χ4v) is 9.59. The van der Waals surface area contributed by atoms with Crippen LogP contribution in [0.5, 0.6) is 0 Å². The van der Waals surface area contributed by atoms with Crippen molar-refractivity contribution in [2.24, 2.45) is 0 Å². The SMILES string of the molecule is c1ccc2c(c1)cc(-c1ccc3c(c1)c1ccccc1c1c4ccc(-c5cc6ccccc6c6ccccc56)cc4c4ccccc4c31)c1ccccc12. The molecule has 12 rings (SSSR count). The largest absolute Gasteiger partial charge is 0.0616 e. The van der Waals surface area contributed by atoms with Crippen molar-refractivity contribution >= 4 is 97.0 Å². The molecule has 0 amide bonds. The molecule has 0 nitrogen and oxygen atoms in total. The second-order valence-corrected chi connectivity index (χ2v) is 14.7. The minimum atomic E-state index is 1.24. The summed E-state index contributed by atoms with van der Waals surface area (Å²) in [5, 5.41) is 23.2. The van der Waals surface area contributed by atoms with Crippen molar-refractivity contribution in [3.63, 3.8) is 0 Å². The number of hydrogen-bond donors (Lipinski definition) is 0. The first kappa shape index (κ1) is 29.5. The fraction of sp³-hybridized carbons (Fsp3) is 0. The maximum atomic E-state index is 2.44. The molecule has 0 atom stereocenters. The molecule has 12 aromatic carbocycles. The van der Waals surface area contributed by atoms with Crippen LogP contribution in [0.15, 0.2) is 194 Å². The minimum absolute atomic E-state index is 1.24. The van der Waals surface area contributed by atoms with Gasteiger partial charge in [0, 0.05) is 0 Å². The normalized spacial score (nSPS) is 12.1. The Bertz CT molecular complexity index is 3310. The summed E-state index contributed by atoms with van der Waals surface area (Å²) < 4.78 is 0. The van der Waals surface area contributed by atoms with Crippen LogP contribution in [0.2, 0.25) is 0 Å². The summed E-state index contributed by atoms with van der Waals surface area (Å²) in [6.07, 6.45) is 0. The highest BCUT2D eigenvalue weighted by molar-refractivity contribution is 6.40. The molecule has 0 aliphatic carbocycles. The molecule has 0 heterocycles. The van der Waals surface area contributed by atoms with Gasteiger partial charge in [-0.2, -0.15) is 0 Å². The second-order valence-electron chi connectivity index (χ2n) is 14.7. The summed E-state index contributed by atoms with van der Waals surface area (Å²) in [5.41, 5.74) is 5.03. The smallest absolute Gasteiger partial charge is 0.00139 e. The van der Waals surface area contributed by atoms with Crippen molar-refractivity contribution in [3.05, 3.63) is 194 Å². The van der Waals surface area contributed by atoms with Crippen LogP contribution >= 0.6 is 0 Å². The van der Waals surface area contributed by atoms with E-state index in [1.165, 1.54) is 119 Å². The highest BCUT2D eigenvalue weighted by Gasteiger charge is 2.18. The van der Waals surface area contributed by atoms with Crippen LogP contribution in [-0.4, -0.2) is 0 Å². The molecule has 248 valence electrons. The molecule has 0 aliphatic heterocycles. The number of fused-ring (bicyclic) bond motifs is 17. The van der Waals surface area contributed by atoms with E-state index >= 15 is 0 Å². The Morgan fingerprint density at radius 2 is 0.481 bits per heavy atom. The molecule has 0 N–H and O–H groups in total. The Hall–Kier alpha value is -7.02. The van der Waals surface area contributed by atoms with E-state index in [-0.39, 0.29) is 0 Å². The summed E-state index contributed by atoms with van der Waals surface area (Å²) in [4.78, 5) is 0. The van der Waals surface area contributed by atoms with E-state index in [0.29, 0.717) is 0 Å². The quantitative estimate of drug-likeness (QED) is 0.159. The summed E-state index contributed by atoms with van der Waals surface area (Å²) in [6, 6.07) is 72.4. The average molecular weight is 681 g/mol. The van der Waals surface area contributed by atoms with E-state index < -0.39 is 0 Å². The van der Waals surface area contributed by atoms with Crippen molar-refractivity contribution in [2.75, 3.05) is 0 Å². The molecule has 0 saturated carbocycles. The summed E-state index contributed by atoms with van der Waals surface area (Å²) in [5.74, 6) is 0. The molecule has 0 aromatic heterocycles. The second kappa shape index (κ2) is 11.2. The van der Waals surface area contributed by atoms with Gasteiger partial charge in [-0.1, -0.05) is 170 Å². The first-order valence-electron chi connectivity index (χ1n) is 18.8. The van der Waals surface area contributed by atoms with Crippen LogP contribution in [0.25, 0.3) is 119 Å². The van der Waals surface area contributed by atoms with Crippen molar-refractivity contribution in [3.8, 4) is 22.3 Å². The summed E-state index contributed by atoms with van der Waals surface area (Å²) in [6.45, 7) is 0. The predicted octanol–water partition coefficient (Wildman–Crippen LogP) is 15.4. The van der Waals surface area contributed by atoms with Crippen LogP contribution < -0.4 is 0 Å². The van der Waals surface area contributed by atoms with Crippen LogP contribution in [0.4, 0.5) is 0 Å². The predicted molar refractivity (Wildman–Crippen MR) is 235 cm³/mol. The molecular formula is C54H32. The van der Waals surface area contributed by atoms with E-state index in [4.69, 9.17) is 0 Å². The lowest BCUT2D eigenvalue weighted by Crippen LogP contribution is -1.91. The first-order chi connectivity index (χ1) is 26.8. The molecule has 0 saturated heterocycles. The van der Waals surface area contributed by atoms with Gasteiger partial charge in [0.2, 0.25) is 0 Å². The monoisotopic (exact) mass is 680 g/mol. The van der Waals surface area contributed by atoms with Gasteiger partial charge in [-0.3, -0.25) is 0 Å². The zero-order valence-electron chi connectivity index (χ0n) is 29.5. The van der Waals surface area contributed by atoms with Crippen LogP contribution in [0.1, 0.15) is 0 Å². The molecule has 0 aliphatic rings. The third-order valence-electron chi connectivity index (χ3n) is 12.0. The van der Waals surface area contributed by atoms with Crippen molar-refractivity contribution in [1.82, 2.24) is 0 Å². The van der Waals surface area contributed by atoms with Gasteiger partial charge >= 0.3 is 0 Å². The highest BCUT2D eigenvalue weighted by atomic mass is 14.2. The third kappa shape index (κ3) is 4.14. The molecule has 0 bridgehead atoms. The van der Waals surface area contributed by atoms with Gasteiger partial charge in [0.25, 0.3) is 0 Å². The third-order valence-corrected chi connectivity index (χ3v) is 12.0. The lowest BCUT2D eigenvalue weighted by Gasteiger charge is -2.18. The van der Waals surface area contributed by atoms with Crippen LogP contribution in [0, 0.1) is 0 Å². The molecule has 0 heteroatoms. The lowest BCUT2D eigenvalue weighted by molar-refractivity contribution is 1.71. The van der Waals surface area contributed by atoms with Gasteiger partial charge < -0.3 is 0 Å². The van der Waals surface area contributed by atoms with Crippen LogP contribution in [0.3, 0.4) is 0 Å². The topological polar surface area (TPSA) is 0 Å². The number of benzene rings is 12. The van der Waals surface area contributed by atoms with E-state index in [9.17, 15) is 0 Å². The van der Waals surface area contributed by atoms with Gasteiger partial charge in [0.05, 0.1) is 0 Å². The van der Waals surface area contributed by atoms with E-state index in [1.54, 1.807) is 0 Å². The van der Waals surface area contributed by atoms with Crippen LogP contribution in [-0.2, 0) is 0 Å².